The number of amides is 3. The van der Waals surface area contributed by atoms with E-state index in [0.29, 0.717) is 10.7 Å². The van der Waals surface area contributed by atoms with Crippen LogP contribution >= 0.6 is 15.9 Å². The molecule has 0 spiro atoms. The van der Waals surface area contributed by atoms with Crippen LogP contribution in [0.2, 0.25) is 0 Å². The molecular weight excluding hydrogens is 582 g/mol. The van der Waals surface area contributed by atoms with Gasteiger partial charge < -0.3 is 10.2 Å². The molecular formula is C29H30BrN3O5S. The van der Waals surface area contributed by atoms with E-state index in [-0.39, 0.29) is 35.4 Å². The van der Waals surface area contributed by atoms with E-state index in [0.717, 1.165) is 15.6 Å². The van der Waals surface area contributed by atoms with E-state index in [9.17, 15) is 22.8 Å². The summed E-state index contributed by atoms with van der Waals surface area (Å²) >= 11 is 3.45. The van der Waals surface area contributed by atoms with Crippen molar-refractivity contribution < 1.29 is 22.8 Å². The lowest BCUT2D eigenvalue weighted by atomic mass is 10.0. The Morgan fingerprint density at radius 2 is 1.64 bits per heavy atom. The first-order valence-electron chi connectivity index (χ1n) is 12.7. The minimum Gasteiger partial charge on any atom is -0.352 e. The molecule has 3 aromatic rings. The smallest absolute Gasteiger partial charge is 0.269 e. The Kier molecular flexibility index (Phi) is 8.87. The summed E-state index contributed by atoms with van der Waals surface area (Å²) in [6.45, 7) is 3.15. The highest BCUT2D eigenvalue weighted by atomic mass is 79.9. The lowest BCUT2D eigenvalue weighted by molar-refractivity contribution is -0.141. The van der Waals surface area contributed by atoms with Crippen LogP contribution in [0.15, 0.2) is 88.2 Å². The van der Waals surface area contributed by atoms with Crippen molar-refractivity contribution in [2.45, 2.75) is 50.2 Å². The molecule has 0 aromatic heterocycles. The van der Waals surface area contributed by atoms with Crippen molar-refractivity contribution in [3.8, 4) is 0 Å². The Balaban J connectivity index is 1.72. The summed E-state index contributed by atoms with van der Waals surface area (Å²) in [7, 11) is -4.20. The zero-order chi connectivity index (χ0) is 28.2. The van der Waals surface area contributed by atoms with Crippen molar-refractivity contribution in [3.05, 3.63) is 100 Å². The molecule has 0 unspecified atom stereocenters. The van der Waals surface area contributed by atoms with Crippen LogP contribution in [0, 0.1) is 0 Å². The lowest BCUT2D eigenvalue weighted by Crippen LogP contribution is -2.54. The van der Waals surface area contributed by atoms with Crippen LogP contribution in [0.25, 0.3) is 0 Å². The zero-order valence-electron chi connectivity index (χ0n) is 21.7. The summed E-state index contributed by atoms with van der Waals surface area (Å²) in [6, 6.07) is 21.4. The summed E-state index contributed by atoms with van der Waals surface area (Å²) in [6.07, 6.45) is 0.909. The molecule has 0 bridgehead atoms. The molecule has 1 heterocycles. The van der Waals surface area contributed by atoms with Gasteiger partial charge in [0.25, 0.3) is 15.9 Å². The van der Waals surface area contributed by atoms with Gasteiger partial charge in [-0.15, -0.1) is 0 Å². The van der Waals surface area contributed by atoms with Crippen molar-refractivity contribution in [2.24, 2.45) is 0 Å². The Morgan fingerprint density at radius 1 is 0.974 bits per heavy atom. The summed E-state index contributed by atoms with van der Waals surface area (Å²) in [5.41, 5.74) is 1.61. The normalized spacial score (nSPS) is 15.4. The second-order valence-corrected chi connectivity index (χ2v) is 12.2. The Bertz CT molecular complexity index is 1480. The number of hydrogen-bond acceptors (Lipinski definition) is 5. The number of carbonyl (C=O) groups excluding carboxylic acids is 3. The first-order chi connectivity index (χ1) is 18.6. The minimum atomic E-state index is -4.20. The Labute approximate surface area is 237 Å². The predicted molar refractivity (Wildman–Crippen MR) is 151 cm³/mol. The molecule has 3 aromatic carbocycles. The lowest BCUT2D eigenvalue weighted by Gasteiger charge is -2.33. The van der Waals surface area contributed by atoms with Crippen molar-refractivity contribution in [3.63, 3.8) is 0 Å². The number of hydrogen-bond donors (Lipinski definition) is 1. The maximum absolute atomic E-state index is 13.9. The number of nitrogens with zero attached hydrogens (tertiary/aromatic N) is 2. The van der Waals surface area contributed by atoms with Gasteiger partial charge in [0.05, 0.1) is 5.56 Å². The van der Waals surface area contributed by atoms with Gasteiger partial charge in [-0.3, -0.25) is 14.4 Å². The first kappa shape index (κ1) is 28.5. The maximum Gasteiger partial charge on any atom is 0.269 e. The molecule has 3 amide bonds. The monoisotopic (exact) mass is 611 g/mol. The number of halogens is 1. The SMILES string of the molecule is CC[C@H](C)NC(=O)[C@@H](Cc1ccccc1)N(Cc1cccc(Br)c1)C(=O)CN1C(=O)c2ccccc2S1(=O)=O. The Morgan fingerprint density at radius 3 is 2.31 bits per heavy atom. The van der Waals surface area contributed by atoms with Crippen LogP contribution in [0.1, 0.15) is 41.8 Å². The van der Waals surface area contributed by atoms with Gasteiger partial charge in [0.15, 0.2) is 0 Å². The van der Waals surface area contributed by atoms with Gasteiger partial charge in [-0.25, -0.2) is 12.7 Å². The highest BCUT2D eigenvalue weighted by molar-refractivity contribution is 9.10. The van der Waals surface area contributed by atoms with Crippen molar-refractivity contribution >= 4 is 43.7 Å². The minimum absolute atomic E-state index is 0.0270. The average Bonchev–Trinajstić information content (AvgIpc) is 3.11. The van der Waals surface area contributed by atoms with E-state index >= 15 is 0 Å². The topological polar surface area (TPSA) is 104 Å². The van der Waals surface area contributed by atoms with Crippen molar-refractivity contribution in [1.82, 2.24) is 14.5 Å². The molecule has 1 aliphatic rings. The van der Waals surface area contributed by atoms with Crippen LogP contribution in [0.3, 0.4) is 0 Å². The third-order valence-electron chi connectivity index (χ3n) is 6.70. The van der Waals surface area contributed by atoms with E-state index in [1.54, 1.807) is 6.07 Å². The van der Waals surface area contributed by atoms with Crippen LogP contribution in [-0.4, -0.2) is 54.0 Å². The number of rotatable bonds is 10. The van der Waals surface area contributed by atoms with Gasteiger partial charge in [0, 0.05) is 23.5 Å². The molecule has 1 aliphatic heterocycles. The molecule has 10 heteroatoms. The molecule has 0 saturated carbocycles. The van der Waals surface area contributed by atoms with Gasteiger partial charge >= 0.3 is 0 Å². The molecule has 4 rings (SSSR count). The predicted octanol–water partition coefficient (Wildman–Crippen LogP) is 4.15. The molecule has 204 valence electrons. The zero-order valence-corrected chi connectivity index (χ0v) is 24.1. The van der Waals surface area contributed by atoms with Gasteiger partial charge in [-0.1, -0.05) is 77.5 Å². The van der Waals surface area contributed by atoms with Gasteiger partial charge in [0.2, 0.25) is 11.8 Å². The molecule has 0 saturated heterocycles. The molecule has 0 radical (unpaired) electrons. The molecule has 0 aliphatic carbocycles. The largest absolute Gasteiger partial charge is 0.352 e. The summed E-state index contributed by atoms with van der Waals surface area (Å²) in [5.74, 6) is -1.76. The van der Waals surface area contributed by atoms with Crippen LogP contribution in [0.4, 0.5) is 0 Å². The number of carbonyl (C=O) groups is 3. The number of sulfonamides is 1. The third kappa shape index (κ3) is 6.39. The highest BCUT2D eigenvalue weighted by Crippen LogP contribution is 2.30. The van der Waals surface area contributed by atoms with E-state index in [2.05, 4.69) is 21.2 Å². The highest BCUT2D eigenvalue weighted by Gasteiger charge is 2.43. The molecule has 8 nitrogen and oxygen atoms in total. The van der Waals surface area contributed by atoms with E-state index < -0.39 is 34.4 Å². The first-order valence-corrected chi connectivity index (χ1v) is 14.9. The average molecular weight is 613 g/mol. The maximum atomic E-state index is 13.9. The molecule has 0 fully saturated rings. The second-order valence-electron chi connectivity index (χ2n) is 9.49. The number of nitrogens with one attached hydrogen (secondary N) is 1. The standard InChI is InChI=1S/C29H30BrN3O5S/c1-3-20(2)31-28(35)25(17-21-10-5-4-6-11-21)32(18-22-12-9-13-23(30)16-22)27(34)19-33-29(36)24-14-7-8-15-26(24)39(33,37)38/h4-16,20,25H,3,17-19H2,1-2H3,(H,31,35)/t20-,25+/m0/s1. The number of fused-ring (bicyclic) bond motifs is 1. The third-order valence-corrected chi connectivity index (χ3v) is 8.99. The summed E-state index contributed by atoms with van der Waals surface area (Å²) < 4.78 is 27.8. The van der Waals surface area contributed by atoms with Crippen LogP contribution in [-0.2, 0) is 32.6 Å². The fourth-order valence-corrected chi connectivity index (χ4v) is 6.39. The molecule has 1 N–H and O–H groups in total. The fourth-order valence-electron chi connectivity index (χ4n) is 4.43. The van der Waals surface area contributed by atoms with E-state index in [1.165, 1.54) is 23.1 Å². The Hall–Kier alpha value is -3.50. The van der Waals surface area contributed by atoms with Crippen LogP contribution < -0.4 is 5.32 Å². The second kappa shape index (κ2) is 12.1. The summed E-state index contributed by atoms with van der Waals surface area (Å²) in [5, 5.41) is 2.97. The summed E-state index contributed by atoms with van der Waals surface area (Å²) in [4.78, 5) is 41.8. The molecule has 2 atom stereocenters. The quantitative estimate of drug-likeness (QED) is 0.371. The molecule has 39 heavy (non-hydrogen) atoms. The van der Waals surface area contributed by atoms with Crippen molar-refractivity contribution in [2.75, 3.05) is 6.54 Å². The van der Waals surface area contributed by atoms with E-state index in [1.807, 2.05) is 68.4 Å². The van der Waals surface area contributed by atoms with Gasteiger partial charge in [0.1, 0.15) is 17.5 Å². The van der Waals surface area contributed by atoms with E-state index in [4.69, 9.17) is 0 Å². The fraction of sp³-hybridized carbons (Fsp3) is 0.276. The van der Waals surface area contributed by atoms with Gasteiger partial charge in [-0.05, 0) is 48.7 Å². The van der Waals surface area contributed by atoms with Crippen molar-refractivity contribution in [1.29, 1.82) is 0 Å². The number of benzene rings is 3. The van der Waals surface area contributed by atoms with Crippen LogP contribution in [0.5, 0.6) is 0 Å². The van der Waals surface area contributed by atoms with Gasteiger partial charge in [-0.2, -0.15) is 0 Å².